The Labute approximate surface area is 139 Å². The van der Waals surface area contributed by atoms with E-state index in [2.05, 4.69) is 35.0 Å². The van der Waals surface area contributed by atoms with Crippen LogP contribution < -0.4 is 0 Å². The molecule has 0 radical (unpaired) electrons. The van der Waals surface area contributed by atoms with E-state index in [9.17, 15) is 4.79 Å². The summed E-state index contributed by atoms with van der Waals surface area (Å²) < 4.78 is 6.43. The maximum Gasteiger partial charge on any atom is 0.410 e. The Hall–Kier alpha value is -1.81. The number of likely N-dealkylation sites (tertiary alicyclic amines) is 1. The van der Waals surface area contributed by atoms with Crippen molar-refractivity contribution in [3.63, 3.8) is 0 Å². The SMILES string of the molecule is CC1(c2ccc(Br)cc2)CN(C(=O)OCc2ccccc2)C1. The van der Waals surface area contributed by atoms with Crippen molar-refractivity contribution in [3.8, 4) is 0 Å². The molecule has 2 aromatic carbocycles. The highest BCUT2D eigenvalue weighted by Crippen LogP contribution is 2.35. The topological polar surface area (TPSA) is 29.5 Å². The fourth-order valence-corrected chi connectivity index (χ4v) is 3.04. The smallest absolute Gasteiger partial charge is 0.410 e. The van der Waals surface area contributed by atoms with E-state index in [0.29, 0.717) is 19.7 Å². The molecule has 4 heteroatoms. The van der Waals surface area contributed by atoms with Crippen LogP contribution in [-0.4, -0.2) is 24.1 Å². The highest BCUT2D eigenvalue weighted by Gasteiger charge is 2.43. The Kier molecular flexibility index (Phi) is 4.21. The van der Waals surface area contributed by atoms with Gasteiger partial charge in [-0.15, -0.1) is 0 Å². The summed E-state index contributed by atoms with van der Waals surface area (Å²) in [6.07, 6.45) is -0.238. The van der Waals surface area contributed by atoms with Crippen LogP contribution in [0.25, 0.3) is 0 Å². The van der Waals surface area contributed by atoms with Crippen molar-refractivity contribution in [2.75, 3.05) is 13.1 Å². The first-order valence-corrected chi connectivity index (χ1v) is 8.08. The predicted octanol–water partition coefficient (Wildman–Crippen LogP) is 4.36. The summed E-state index contributed by atoms with van der Waals surface area (Å²) >= 11 is 3.45. The van der Waals surface area contributed by atoms with E-state index in [1.165, 1.54) is 5.56 Å². The molecule has 0 aliphatic carbocycles. The van der Waals surface area contributed by atoms with Crippen LogP contribution in [0, 0.1) is 0 Å². The number of nitrogens with zero attached hydrogens (tertiary/aromatic N) is 1. The summed E-state index contributed by atoms with van der Waals surface area (Å²) in [6.45, 7) is 3.90. The van der Waals surface area contributed by atoms with Gasteiger partial charge >= 0.3 is 6.09 Å². The molecule has 1 aliphatic rings. The molecule has 114 valence electrons. The van der Waals surface area contributed by atoms with Crippen LogP contribution in [0.4, 0.5) is 4.79 Å². The first-order valence-electron chi connectivity index (χ1n) is 7.28. The van der Waals surface area contributed by atoms with E-state index in [4.69, 9.17) is 4.74 Å². The molecular formula is C18H18BrNO2. The Balaban J connectivity index is 1.54. The molecule has 1 aliphatic heterocycles. The molecule has 0 bridgehead atoms. The number of amides is 1. The molecule has 0 saturated carbocycles. The maximum absolute atomic E-state index is 12.1. The van der Waals surface area contributed by atoms with Crippen molar-refractivity contribution in [1.82, 2.24) is 4.90 Å². The minimum Gasteiger partial charge on any atom is -0.445 e. The van der Waals surface area contributed by atoms with Gasteiger partial charge in [0.1, 0.15) is 6.61 Å². The number of benzene rings is 2. The Morgan fingerprint density at radius 1 is 1.14 bits per heavy atom. The normalized spacial score (nSPS) is 16.0. The molecule has 0 aromatic heterocycles. The number of hydrogen-bond acceptors (Lipinski definition) is 2. The first kappa shape index (κ1) is 15.1. The van der Waals surface area contributed by atoms with Crippen LogP contribution in [-0.2, 0) is 16.8 Å². The average molecular weight is 360 g/mol. The van der Waals surface area contributed by atoms with Crippen LogP contribution >= 0.6 is 15.9 Å². The van der Waals surface area contributed by atoms with Gasteiger partial charge in [0.2, 0.25) is 0 Å². The van der Waals surface area contributed by atoms with Gasteiger partial charge < -0.3 is 9.64 Å². The maximum atomic E-state index is 12.1. The minimum absolute atomic E-state index is 0.0203. The minimum atomic E-state index is -0.238. The molecular weight excluding hydrogens is 342 g/mol. The zero-order valence-corrected chi connectivity index (χ0v) is 14.0. The van der Waals surface area contributed by atoms with E-state index in [-0.39, 0.29) is 11.5 Å². The zero-order valence-electron chi connectivity index (χ0n) is 12.5. The predicted molar refractivity (Wildman–Crippen MR) is 89.7 cm³/mol. The largest absolute Gasteiger partial charge is 0.445 e. The van der Waals surface area contributed by atoms with E-state index in [1.54, 1.807) is 4.90 Å². The second kappa shape index (κ2) is 6.13. The fraction of sp³-hybridized carbons (Fsp3) is 0.278. The number of carbonyl (C=O) groups is 1. The van der Waals surface area contributed by atoms with Gasteiger partial charge in [-0.25, -0.2) is 4.79 Å². The molecule has 0 atom stereocenters. The van der Waals surface area contributed by atoms with Gasteiger partial charge in [-0.05, 0) is 23.3 Å². The van der Waals surface area contributed by atoms with Gasteiger partial charge in [0.05, 0.1) is 0 Å². The highest BCUT2D eigenvalue weighted by molar-refractivity contribution is 9.10. The lowest BCUT2D eigenvalue weighted by atomic mass is 9.76. The van der Waals surface area contributed by atoms with Crippen molar-refractivity contribution in [2.24, 2.45) is 0 Å². The van der Waals surface area contributed by atoms with Gasteiger partial charge in [0, 0.05) is 23.0 Å². The number of carbonyl (C=O) groups excluding carboxylic acids is 1. The highest BCUT2D eigenvalue weighted by atomic mass is 79.9. The quantitative estimate of drug-likeness (QED) is 0.814. The molecule has 1 heterocycles. The molecule has 0 spiro atoms. The van der Waals surface area contributed by atoms with Crippen molar-refractivity contribution in [2.45, 2.75) is 18.9 Å². The van der Waals surface area contributed by atoms with Crippen molar-refractivity contribution < 1.29 is 9.53 Å². The molecule has 1 fully saturated rings. The number of hydrogen-bond donors (Lipinski definition) is 0. The lowest BCUT2D eigenvalue weighted by molar-refractivity contribution is 0.0395. The van der Waals surface area contributed by atoms with E-state index >= 15 is 0 Å². The van der Waals surface area contributed by atoms with Crippen molar-refractivity contribution in [1.29, 1.82) is 0 Å². The third-order valence-corrected chi connectivity index (χ3v) is 4.61. The Morgan fingerprint density at radius 3 is 2.41 bits per heavy atom. The lowest BCUT2D eigenvalue weighted by Crippen LogP contribution is -2.59. The van der Waals surface area contributed by atoms with Crippen LogP contribution in [0.1, 0.15) is 18.1 Å². The van der Waals surface area contributed by atoms with Crippen LogP contribution in [0.2, 0.25) is 0 Å². The standard InChI is InChI=1S/C18H18BrNO2/c1-18(15-7-9-16(19)10-8-15)12-20(13-18)17(21)22-11-14-5-3-2-4-6-14/h2-10H,11-13H2,1H3. The molecule has 2 aromatic rings. The van der Waals surface area contributed by atoms with Crippen LogP contribution in [0.15, 0.2) is 59.1 Å². The lowest BCUT2D eigenvalue weighted by Gasteiger charge is -2.47. The molecule has 0 N–H and O–H groups in total. The monoisotopic (exact) mass is 359 g/mol. The second-order valence-electron chi connectivity index (χ2n) is 5.96. The van der Waals surface area contributed by atoms with E-state index in [0.717, 1.165) is 10.0 Å². The molecule has 0 unspecified atom stereocenters. The van der Waals surface area contributed by atoms with Gasteiger partial charge in [-0.2, -0.15) is 0 Å². The number of rotatable bonds is 3. The van der Waals surface area contributed by atoms with Gasteiger partial charge in [-0.3, -0.25) is 0 Å². The van der Waals surface area contributed by atoms with Crippen molar-refractivity contribution >= 4 is 22.0 Å². The number of halogens is 1. The third kappa shape index (κ3) is 3.17. The van der Waals surface area contributed by atoms with E-state index < -0.39 is 0 Å². The second-order valence-corrected chi connectivity index (χ2v) is 6.88. The third-order valence-electron chi connectivity index (χ3n) is 4.08. The Morgan fingerprint density at radius 2 is 1.77 bits per heavy atom. The number of ether oxygens (including phenoxy) is 1. The molecule has 22 heavy (non-hydrogen) atoms. The van der Waals surface area contributed by atoms with Gasteiger partial charge in [0.25, 0.3) is 0 Å². The van der Waals surface area contributed by atoms with Crippen molar-refractivity contribution in [3.05, 3.63) is 70.2 Å². The molecule has 1 saturated heterocycles. The molecule has 3 nitrogen and oxygen atoms in total. The summed E-state index contributed by atoms with van der Waals surface area (Å²) in [4.78, 5) is 13.8. The zero-order chi connectivity index (χ0) is 15.6. The fourth-order valence-electron chi connectivity index (χ4n) is 2.77. The molecule has 3 rings (SSSR count). The summed E-state index contributed by atoms with van der Waals surface area (Å²) in [5.41, 5.74) is 2.28. The van der Waals surface area contributed by atoms with Crippen LogP contribution in [0.3, 0.4) is 0 Å². The average Bonchev–Trinajstić information content (AvgIpc) is 2.51. The van der Waals surface area contributed by atoms with Crippen LogP contribution in [0.5, 0.6) is 0 Å². The first-order chi connectivity index (χ1) is 10.6. The summed E-state index contributed by atoms with van der Waals surface area (Å²) in [5, 5.41) is 0. The van der Waals surface area contributed by atoms with Gasteiger partial charge in [-0.1, -0.05) is 65.3 Å². The van der Waals surface area contributed by atoms with E-state index in [1.807, 2.05) is 42.5 Å². The summed E-state index contributed by atoms with van der Waals surface area (Å²) in [5.74, 6) is 0. The Bertz CT molecular complexity index is 649. The molecule has 1 amide bonds. The summed E-state index contributed by atoms with van der Waals surface area (Å²) in [7, 11) is 0. The summed E-state index contributed by atoms with van der Waals surface area (Å²) in [6, 6.07) is 18.0. The van der Waals surface area contributed by atoms with Gasteiger partial charge in [0.15, 0.2) is 0 Å².